The Morgan fingerprint density at radius 1 is 1.36 bits per heavy atom. The van der Waals surface area contributed by atoms with Gasteiger partial charge in [-0.2, -0.15) is 0 Å². The molecule has 0 heterocycles. The lowest BCUT2D eigenvalue weighted by Crippen LogP contribution is -2.40. The molecule has 0 amide bonds. The van der Waals surface area contributed by atoms with Gasteiger partial charge in [0.1, 0.15) is 0 Å². The van der Waals surface area contributed by atoms with E-state index in [0.29, 0.717) is 6.04 Å². The zero-order chi connectivity index (χ0) is 7.84. The topological polar surface area (TPSA) is 38.0 Å². The molecule has 2 fully saturated rings. The average molecular weight is 154 g/mol. The van der Waals surface area contributed by atoms with Gasteiger partial charge in [0.05, 0.1) is 0 Å². The molecule has 0 aromatic heterocycles. The summed E-state index contributed by atoms with van der Waals surface area (Å²) in [6, 6.07) is 0.533. The summed E-state index contributed by atoms with van der Waals surface area (Å²) in [5.74, 6) is 8.34. The van der Waals surface area contributed by atoms with Crippen LogP contribution in [0.15, 0.2) is 0 Å². The van der Waals surface area contributed by atoms with Crippen molar-refractivity contribution < 1.29 is 0 Å². The van der Waals surface area contributed by atoms with Crippen molar-refractivity contribution in [3.63, 3.8) is 0 Å². The van der Waals surface area contributed by atoms with Crippen LogP contribution in [0.4, 0.5) is 0 Å². The molecule has 0 saturated heterocycles. The van der Waals surface area contributed by atoms with Gasteiger partial charge in [0.25, 0.3) is 0 Å². The normalized spacial score (nSPS) is 44.7. The van der Waals surface area contributed by atoms with Crippen molar-refractivity contribution in [3.05, 3.63) is 0 Å². The molecule has 2 aliphatic rings. The van der Waals surface area contributed by atoms with Gasteiger partial charge in [-0.25, -0.2) is 0 Å². The third kappa shape index (κ3) is 1.18. The lowest BCUT2D eigenvalue weighted by molar-refractivity contribution is 0.262. The first-order chi connectivity index (χ1) is 5.31. The summed E-state index contributed by atoms with van der Waals surface area (Å²) in [7, 11) is 0. The number of nitrogens with two attached hydrogens (primary N) is 1. The van der Waals surface area contributed by atoms with Crippen molar-refractivity contribution in [1.29, 1.82) is 0 Å². The van der Waals surface area contributed by atoms with Gasteiger partial charge in [0.2, 0.25) is 0 Å². The summed E-state index contributed by atoms with van der Waals surface area (Å²) in [4.78, 5) is 0. The molecular formula is C9H18N2. The first kappa shape index (κ1) is 7.56. The van der Waals surface area contributed by atoms with E-state index in [1.54, 1.807) is 0 Å². The lowest BCUT2D eigenvalue weighted by Gasteiger charge is -2.26. The van der Waals surface area contributed by atoms with Crippen LogP contribution >= 0.6 is 0 Å². The van der Waals surface area contributed by atoms with Crippen molar-refractivity contribution in [2.45, 2.75) is 38.6 Å². The minimum absolute atomic E-state index is 0.533. The predicted molar refractivity (Wildman–Crippen MR) is 45.7 cm³/mol. The van der Waals surface area contributed by atoms with Crippen molar-refractivity contribution in [3.8, 4) is 0 Å². The molecule has 0 unspecified atom stereocenters. The number of hydrogen-bond acceptors (Lipinski definition) is 2. The molecule has 0 aromatic carbocycles. The van der Waals surface area contributed by atoms with Gasteiger partial charge in [0, 0.05) is 6.04 Å². The molecule has 2 heteroatoms. The van der Waals surface area contributed by atoms with Crippen LogP contribution in [0.1, 0.15) is 32.6 Å². The zero-order valence-electron chi connectivity index (χ0n) is 7.22. The van der Waals surface area contributed by atoms with E-state index < -0.39 is 0 Å². The maximum absolute atomic E-state index is 5.43. The quantitative estimate of drug-likeness (QED) is 0.464. The van der Waals surface area contributed by atoms with Crippen LogP contribution < -0.4 is 11.3 Å². The van der Waals surface area contributed by atoms with E-state index in [2.05, 4.69) is 12.3 Å². The number of rotatable bonds is 2. The van der Waals surface area contributed by atoms with Crippen molar-refractivity contribution in [2.24, 2.45) is 23.6 Å². The SMILES string of the molecule is C[C@@H](NN)[C@H]1C[C@H]2CC[C@H]1C2. The molecule has 2 nitrogen and oxygen atoms in total. The van der Waals surface area contributed by atoms with Crippen LogP contribution in [0.5, 0.6) is 0 Å². The molecule has 0 aromatic rings. The highest BCUT2D eigenvalue weighted by atomic mass is 15.2. The van der Waals surface area contributed by atoms with Crippen LogP contribution in [-0.2, 0) is 0 Å². The van der Waals surface area contributed by atoms with Crippen molar-refractivity contribution in [1.82, 2.24) is 5.43 Å². The van der Waals surface area contributed by atoms with E-state index in [9.17, 15) is 0 Å². The summed E-state index contributed by atoms with van der Waals surface area (Å²) >= 11 is 0. The summed E-state index contributed by atoms with van der Waals surface area (Å²) in [5.41, 5.74) is 2.89. The van der Waals surface area contributed by atoms with E-state index in [1.807, 2.05) is 0 Å². The molecule has 2 aliphatic carbocycles. The second-order valence-corrected chi connectivity index (χ2v) is 4.29. The molecule has 0 spiro atoms. The molecular weight excluding hydrogens is 136 g/mol. The molecule has 2 saturated carbocycles. The molecule has 64 valence electrons. The number of hydrogen-bond donors (Lipinski definition) is 2. The highest BCUT2D eigenvalue weighted by Gasteiger charge is 2.41. The highest BCUT2D eigenvalue weighted by Crippen LogP contribution is 2.49. The minimum Gasteiger partial charge on any atom is -0.271 e. The Morgan fingerprint density at radius 2 is 2.18 bits per heavy atom. The Balaban J connectivity index is 1.96. The maximum Gasteiger partial charge on any atom is 0.0213 e. The molecule has 4 atom stereocenters. The van der Waals surface area contributed by atoms with Crippen LogP contribution in [0.2, 0.25) is 0 Å². The van der Waals surface area contributed by atoms with Gasteiger partial charge >= 0.3 is 0 Å². The van der Waals surface area contributed by atoms with Crippen molar-refractivity contribution >= 4 is 0 Å². The van der Waals surface area contributed by atoms with Gasteiger partial charge in [-0.1, -0.05) is 6.42 Å². The Kier molecular flexibility index (Phi) is 1.90. The molecule has 3 N–H and O–H groups in total. The van der Waals surface area contributed by atoms with Crippen LogP contribution in [-0.4, -0.2) is 6.04 Å². The van der Waals surface area contributed by atoms with Gasteiger partial charge in [0.15, 0.2) is 0 Å². The third-order valence-corrected chi connectivity index (χ3v) is 3.70. The van der Waals surface area contributed by atoms with Gasteiger partial charge in [-0.15, -0.1) is 0 Å². The van der Waals surface area contributed by atoms with Crippen LogP contribution in [0, 0.1) is 17.8 Å². The van der Waals surface area contributed by atoms with E-state index in [-0.39, 0.29) is 0 Å². The largest absolute Gasteiger partial charge is 0.271 e. The van der Waals surface area contributed by atoms with Crippen LogP contribution in [0.3, 0.4) is 0 Å². The Morgan fingerprint density at radius 3 is 2.64 bits per heavy atom. The van der Waals surface area contributed by atoms with Crippen molar-refractivity contribution in [2.75, 3.05) is 0 Å². The first-order valence-electron chi connectivity index (χ1n) is 4.77. The fraction of sp³-hybridized carbons (Fsp3) is 1.00. The standard InChI is InChI=1S/C9H18N2/c1-6(11-10)9-5-7-2-3-8(9)4-7/h6-9,11H,2-5,10H2,1H3/t6-,7+,8+,9-/m1/s1. The molecule has 2 bridgehead atoms. The Bertz CT molecular complexity index is 146. The number of nitrogens with one attached hydrogen (secondary N) is 1. The van der Waals surface area contributed by atoms with E-state index in [0.717, 1.165) is 17.8 Å². The van der Waals surface area contributed by atoms with Crippen LogP contribution in [0.25, 0.3) is 0 Å². The van der Waals surface area contributed by atoms with Gasteiger partial charge in [-0.3, -0.25) is 11.3 Å². The smallest absolute Gasteiger partial charge is 0.0213 e. The fourth-order valence-corrected chi connectivity index (χ4v) is 3.03. The summed E-state index contributed by atoms with van der Waals surface area (Å²) in [5, 5.41) is 0. The molecule has 2 rings (SSSR count). The second kappa shape index (κ2) is 2.76. The van der Waals surface area contributed by atoms with E-state index >= 15 is 0 Å². The first-order valence-corrected chi connectivity index (χ1v) is 4.77. The molecule has 0 radical (unpaired) electrons. The molecule has 0 aliphatic heterocycles. The van der Waals surface area contributed by atoms with Gasteiger partial charge in [-0.05, 0) is 43.9 Å². The number of hydrazine groups is 1. The maximum atomic E-state index is 5.43. The van der Waals surface area contributed by atoms with E-state index in [1.165, 1.54) is 25.7 Å². The minimum atomic E-state index is 0.533. The summed E-state index contributed by atoms with van der Waals surface area (Å²) in [6.07, 6.45) is 5.85. The highest BCUT2D eigenvalue weighted by molar-refractivity contribution is 4.93. The Labute approximate surface area is 68.5 Å². The predicted octanol–water partition coefficient (Wildman–Crippen LogP) is 1.27. The van der Waals surface area contributed by atoms with E-state index in [4.69, 9.17) is 5.84 Å². The molecule has 11 heavy (non-hydrogen) atoms. The van der Waals surface area contributed by atoms with Gasteiger partial charge < -0.3 is 0 Å². The summed E-state index contributed by atoms with van der Waals surface area (Å²) < 4.78 is 0. The second-order valence-electron chi connectivity index (χ2n) is 4.29. The monoisotopic (exact) mass is 154 g/mol. The summed E-state index contributed by atoms with van der Waals surface area (Å²) in [6.45, 7) is 2.21. The Hall–Kier alpha value is -0.0800. The zero-order valence-corrected chi connectivity index (χ0v) is 7.22. The fourth-order valence-electron chi connectivity index (χ4n) is 3.03. The lowest BCUT2D eigenvalue weighted by atomic mass is 9.84. The number of fused-ring (bicyclic) bond motifs is 2. The third-order valence-electron chi connectivity index (χ3n) is 3.70. The average Bonchev–Trinajstić information content (AvgIpc) is 2.62.